The number of halogens is 1. The Hall–Kier alpha value is -4.72. The van der Waals surface area contributed by atoms with Crippen molar-refractivity contribution in [1.82, 2.24) is 25.8 Å². The largest absolute Gasteiger partial charge is 0.456 e. The minimum Gasteiger partial charge on any atom is -0.456 e. The van der Waals surface area contributed by atoms with Gasteiger partial charge in [-0.3, -0.25) is 24.0 Å². The average molecular weight is 844 g/mol. The maximum atomic E-state index is 14.2. The fourth-order valence-corrected chi connectivity index (χ4v) is 6.72. The van der Waals surface area contributed by atoms with Crippen LogP contribution < -0.4 is 16.0 Å². The van der Waals surface area contributed by atoms with E-state index >= 15 is 0 Å². The van der Waals surface area contributed by atoms with Crippen molar-refractivity contribution >= 4 is 53.1 Å². The van der Waals surface area contributed by atoms with Gasteiger partial charge in [-0.15, -0.1) is 0 Å². The molecule has 8 atom stereocenters. The predicted molar refractivity (Wildman–Crippen MR) is 227 cm³/mol. The van der Waals surface area contributed by atoms with Crippen molar-refractivity contribution in [2.75, 3.05) is 20.6 Å². The quantitative estimate of drug-likeness (QED) is 0.254. The zero-order chi connectivity index (χ0) is 44.7. The standard InChI is InChI=1S/C44H66ClN5O9/c1-13-26(5)37-40(53)47-31(10)44(57)59-38(27(6)14-2)28(7)16-15-17-29(8)43(56)58-35(22-25(3)4)39(52)46-30(9)41(54)50(12)34(23-32-18-20-33(45)21-19-32)42(55)49(11)24-36(51)48-37/h14,17-21,25-26,28,30-31,34-35,37-38H,13,15-16,22-24H2,1-12H3,(H,46,52)(H,47,53)(H,48,51)/b27-14+,29-17+/t26-,28+,30+,31+,34-,35-,37+,38-/m1/s1. The molecule has 1 aliphatic heterocycles. The van der Waals surface area contributed by atoms with E-state index < -0.39 is 84.4 Å². The van der Waals surface area contributed by atoms with Gasteiger partial charge in [0.05, 0.1) is 6.54 Å². The second-order valence-electron chi connectivity index (χ2n) is 16.2. The minimum atomic E-state index is -1.21. The van der Waals surface area contributed by atoms with Gasteiger partial charge in [-0.1, -0.05) is 76.9 Å². The number of hydrogen-bond donors (Lipinski definition) is 3. The lowest BCUT2D eigenvalue weighted by atomic mass is 9.93. The summed E-state index contributed by atoms with van der Waals surface area (Å²) in [5, 5.41) is 8.60. The van der Waals surface area contributed by atoms with Crippen molar-refractivity contribution in [2.45, 2.75) is 138 Å². The molecule has 14 nitrogen and oxygen atoms in total. The number of nitrogens with zero attached hydrogens (tertiary/aromatic N) is 2. The topological polar surface area (TPSA) is 181 Å². The summed E-state index contributed by atoms with van der Waals surface area (Å²) in [6.07, 6.45) is 3.42. The Kier molecular flexibility index (Phi) is 20.3. The summed E-state index contributed by atoms with van der Waals surface area (Å²) >= 11 is 6.11. The van der Waals surface area contributed by atoms with E-state index in [-0.39, 0.29) is 36.2 Å². The number of benzene rings is 1. The van der Waals surface area contributed by atoms with Gasteiger partial charge in [-0.05, 0) is 94.9 Å². The van der Waals surface area contributed by atoms with Crippen LogP contribution in [0.15, 0.2) is 47.6 Å². The van der Waals surface area contributed by atoms with Crippen LogP contribution in [0.1, 0.15) is 100 Å². The maximum absolute atomic E-state index is 14.2. The molecule has 1 aliphatic rings. The first-order valence-electron chi connectivity index (χ1n) is 20.5. The van der Waals surface area contributed by atoms with E-state index in [1.165, 1.54) is 32.8 Å². The highest BCUT2D eigenvalue weighted by atomic mass is 35.5. The number of carbonyl (C=O) groups is 7. The number of carbonyl (C=O) groups excluding carboxylic acids is 7. The maximum Gasteiger partial charge on any atom is 0.334 e. The molecular formula is C44H66ClN5O9. The molecule has 0 radical (unpaired) electrons. The molecule has 328 valence electrons. The number of nitrogens with one attached hydrogen (secondary N) is 3. The monoisotopic (exact) mass is 843 g/mol. The lowest BCUT2D eigenvalue weighted by Gasteiger charge is -2.33. The molecule has 5 amide bonds. The van der Waals surface area contributed by atoms with Gasteiger partial charge in [0.1, 0.15) is 30.3 Å². The van der Waals surface area contributed by atoms with Gasteiger partial charge in [0.25, 0.3) is 5.91 Å². The van der Waals surface area contributed by atoms with E-state index in [1.54, 1.807) is 44.2 Å². The van der Waals surface area contributed by atoms with Crippen LogP contribution >= 0.6 is 11.6 Å². The number of likely N-dealkylation sites (N-methyl/N-ethyl adjacent to an activating group) is 2. The summed E-state index contributed by atoms with van der Waals surface area (Å²) < 4.78 is 11.7. The van der Waals surface area contributed by atoms with Gasteiger partial charge in [0.15, 0.2) is 6.10 Å². The smallest absolute Gasteiger partial charge is 0.334 e. The van der Waals surface area contributed by atoms with E-state index in [1.807, 2.05) is 47.6 Å². The second-order valence-corrected chi connectivity index (χ2v) is 16.7. The molecule has 59 heavy (non-hydrogen) atoms. The summed E-state index contributed by atoms with van der Waals surface area (Å²) in [5.74, 6) is -5.01. The van der Waals surface area contributed by atoms with Crippen LogP contribution in [0.5, 0.6) is 0 Å². The van der Waals surface area contributed by atoms with E-state index in [4.69, 9.17) is 21.1 Å². The van der Waals surface area contributed by atoms with Crippen molar-refractivity contribution in [3.05, 3.63) is 58.1 Å². The normalized spacial score (nSPS) is 27.6. The average Bonchev–Trinajstić information content (AvgIpc) is 3.18. The number of cyclic esters (lactones) is 2. The molecule has 0 bridgehead atoms. The van der Waals surface area contributed by atoms with Crippen molar-refractivity contribution in [3.63, 3.8) is 0 Å². The van der Waals surface area contributed by atoms with Crippen LogP contribution in [0.25, 0.3) is 0 Å². The van der Waals surface area contributed by atoms with E-state index in [2.05, 4.69) is 16.0 Å². The molecule has 1 aromatic rings. The summed E-state index contributed by atoms with van der Waals surface area (Å²) in [7, 11) is 2.85. The first-order chi connectivity index (χ1) is 27.6. The van der Waals surface area contributed by atoms with Crippen LogP contribution in [0.2, 0.25) is 5.02 Å². The van der Waals surface area contributed by atoms with Crippen molar-refractivity contribution in [2.24, 2.45) is 17.8 Å². The molecule has 1 aromatic carbocycles. The SMILES string of the molecule is C/C=C(\C)[C@H]1OC(=O)[C@H](C)NC(=O)[C@H]([C@H](C)CC)NC(=O)CN(C)C(=O)[C@@H](Cc2ccc(Cl)cc2)N(C)C(=O)[C@H](C)NC(=O)[C@@H](CC(C)C)OC(=O)/C(C)=C/CC[C@@H]1C. The molecule has 0 aromatic heterocycles. The summed E-state index contributed by atoms with van der Waals surface area (Å²) in [5.41, 5.74) is 1.77. The Bertz CT molecular complexity index is 1710. The molecule has 0 aliphatic carbocycles. The number of esters is 2. The predicted octanol–water partition coefficient (Wildman–Crippen LogP) is 4.92. The Morgan fingerprint density at radius 3 is 2.08 bits per heavy atom. The summed E-state index contributed by atoms with van der Waals surface area (Å²) in [6, 6.07) is 2.38. The van der Waals surface area contributed by atoms with Crippen LogP contribution in [0, 0.1) is 17.8 Å². The van der Waals surface area contributed by atoms with Gasteiger partial charge in [0, 0.05) is 31.1 Å². The van der Waals surface area contributed by atoms with E-state index in [9.17, 15) is 33.6 Å². The highest BCUT2D eigenvalue weighted by Crippen LogP contribution is 2.23. The third-order valence-corrected chi connectivity index (χ3v) is 11.0. The van der Waals surface area contributed by atoms with Crippen LogP contribution in [0.4, 0.5) is 0 Å². The minimum absolute atomic E-state index is 0.0437. The third kappa shape index (κ3) is 15.4. The fraction of sp³-hybridized carbons (Fsp3) is 0.614. The highest BCUT2D eigenvalue weighted by molar-refractivity contribution is 6.30. The van der Waals surface area contributed by atoms with E-state index in [0.717, 1.165) is 10.5 Å². The van der Waals surface area contributed by atoms with Crippen molar-refractivity contribution < 1.29 is 43.0 Å². The van der Waals surface area contributed by atoms with Gasteiger partial charge >= 0.3 is 11.9 Å². The Balaban J connectivity index is 2.60. The summed E-state index contributed by atoms with van der Waals surface area (Å²) in [4.78, 5) is 98.0. The molecule has 3 N–H and O–H groups in total. The number of rotatable bonds is 7. The Labute approximate surface area is 355 Å². The lowest BCUT2D eigenvalue weighted by molar-refractivity contribution is -0.154. The van der Waals surface area contributed by atoms with Gasteiger partial charge in [-0.2, -0.15) is 0 Å². The van der Waals surface area contributed by atoms with E-state index in [0.29, 0.717) is 29.8 Å². The molecule has 2 rings (SSSR count). The van der Waals surface area contributed by atoms with Crippen LogP contribution in [-0.4, -0.2) is 108 Å². The molecule has 15 heteroatoms. The second kappa shape index (κ2) is 23.8. The zero-order valence-electron chi connectivity index (χ0n) is 36.8. The van der Waals surface area contributed by atoms with Crippen molar-refractivity contribution in [1.29, 1.82) is 0 Å². The van der Waals surface area contributed by atoms with Gasteiger partial charge < -0.3 is 35.2 Å². The molecular weight excluding hydrogens is 778 g/mol. The molecule has 0 fully saturated rings. The van der Waals surface area contributed by atoms with Gasteiger partial charge in [-0.25, -0.2) is 9.59 Å². The number of hydrogen-bond acceptors (Lipinski definition) is 9. The molecule has 1 heterocycles. The molecule has 0 spiro atoms. The Morgan fingerprint density at radius 2 is 1.51 bits per heavy atom. The van der Waals surface area contributed by atoms with Crippen LogP contribution in [-0.2, 0) is 49.5 Å². The summed E-state index contributed by atoms with van der Waals surface area (Å²) in [6.45, 7) is 17.1. The number of ether oxygens (including phenoxy) is 2. The Morgan fingerprint density at radius 1 is 0.898 bits per heavy atom. The highest BCUT2D eigenvalue weighted by Gasteiger charge is 2.36. The van der Waals surface area contributed by atoms with Gasteiger partial charge in [0.2, 0.25) is 23.6 Å². The molecule has 0 saturated heterocycles. The molecule has 0 saturated carbocycles. The molecule has 0 unspecified atom stereocenters. The third-order valence-electron chi connectivity index (χ3n) is 10.7. The van der Waals surface area contributed by atoms with Crippen LogP contribution in [0.3, 0.4) is 0 Å². The lowest BCUT2D eigenvalue weighted by Crippen LogP contribution is -2.57. The zero-order valence-corrected chi connectivity index (χ0v) is 37.6. The number of allylic oxidation sites excluding steroid dienone is 2. The van der Waals surface area contributed by atoms with Crippen molar-refractivity contribution in [3.8, 4) is 0 Å². The fourth-order valence-electron chi connectivity index (χ4n) is 6.60. The number of amides is 5. The first-order valence-corrected chi connectivity index (χ1v) is 20.9. The first kappa shape index (κ1) is 50.4.